The molecule has 0 unspecified atom stereocenters. The minimum absolute atomic E-state index is 0.254. The average molecular weight is 460 g/mol. The third kappa shape index (κ3) is 4.68. The van der Waals surface area contributed by atoms with Crippen molar-refractivity contribution in [3.63, 3.8) is 0 Å². The Labute approximate surface area is 175 Å². The molecule has 2 aromatic heterocycles. The first-order valence-corrected chi connectivity index (χ1v) is 10.1. The lowest BCUT2D eigenvalue weighted by Crippen LogP contribution is -2.18. The van der Waals surface area contributed by atoms with Crippen LogP contribution < -0.4 is 5.32 Å². The number of amides is 1. The molecule has 1 saturated heterocycles. The number of hydrogen-bond donors (Lipinski definition) is 1. The molecule has 1 aromatic carbocycles. The molecule has 150 valence electrons. The predicted molar refractivity (Wildman–Crippen MR) is 108 cm³/mol. The second-order valence-electron chi connectivity index (χ2n) is 6.79. The van der Waals surface area contributed by atoms with Gasteiger partial charge in [0.25, 0.3) is 5.91 Å². The Kier molecular flexibility index (Phi) is 5.96. The van der Waals surface area contributed by atoms with Gasteiger partial charge in [-0.2, -0.15) is 5.10 Å². The molecule has 29 heavy (non-hydrogen) atoms. The molecule has 1 N–H and O–H groups in total. The summed E-state index contributed by atoms with van der Waals surface area (Å²) in [5.41, 5.74) is 0.855. The van der Waals surface area contributed by atoms with Crippen LogP contribution in [0.1, 0.15) is 40.5 Å². The fourth-order valence-electron chi connectivity index (χ4n) is 3.17. The first-order chi connectivity index (χ1) is 14.1. The standard InChI is InChI=1S/C20H19BrFN5O2/c21-16-12-27(11-14-3-1-2-4-17(14)22)26-19(16)25-20(28)15-9-23-18(24-10-15)13-5-7-29-8-6-13/h1-4,9-10,12-13H,5-8,11H2,(H,25,26,28). The molecule has 0 aliphatic carbocycles. The monoisotopic (exact) mass is 459 g/mol. The van der Waals surface area contributed by atoms with Crippen LogP contribution in [0.3, 0.4) is 0 Å². The van der Waals surface area contributed by atoms with E-state index in [2.05, 4.69) is 36.3 Å². The van der Waals surface area contributed by atoms with E-state index in [0.29, 0.717) is 34.6 Å². The van der Waals surface area contributed by atoms with Gasteiger partial charge in [-0.05, 0) is 34.8 Å². The Hall–Kier alpha value is -2.65. The molecule has 1 aliphatic heterocycles. The summed E-state index contributed by atoms with van der Waals surface area (Å²) in [6.45, 7) is 1.67. The second-order valence-corrected chi connectivity index (χ2v) is 7.64. The Morgan fingerprint density at radius 3 is 2.69 bits per heavy atom. The number of ether oxygens (including phenoxy) is 1. The SMILES string of the molecule is O=C(Nc1nn(Cc2ccccc2F)cc1Br)c1cnc(C2CCOCC2)nc1. The summed E-state index contributed by atoms with van der Waals surface area (Å²) in [5, 5.41) is 7.05. The summed E-state index contributed by atoms with van der Waals surface area (Å²) in [5.74, 6) is 0.691. The highest BCUT2D eigenvalue weighted by Crippen LogP contribution is 2.24. The van der Waals surface area contributed by atoms with Crippen LogP contribution in [0.5, 0.6) is 0 Å². The maximum atomic E-state index is 13.8. The highest BCUT2D eigenvalue weighted by Gasteiger charge is 2.19. The Morgan fingerprint density at radius 1 is 1.24 bits per heavy atom. The van der Waals surface area contributed by atoms with Gasteiger partial charge >= 0.3 is 0 Å². The molecule has 0 atom stereocenters. The quantitative estimate of drug-likeness (QED) is 0.627. The molecule has 0 radical (unpaired) electrons. The van der Waals surface area contributed by atoms with Gasteiger partial charge in [0.2, 0.25) is 0 Å². The van der Waals surface area contributed by atoms with Crippen LogP contribution in [-0.2, 0) is 11.3 Å². The van der Waals surface area contributed by atoms with Gasteiger partial charge in [-0.1, -0.05) is 18.2 Å². The van der Waals surface area contributed by atoms with E-state index >= 15 is 0 Å². The molecule has 7 nitrogen and oxygen atoms in total. The van der Waals surface area contributed by atoms with Gasteiger partial charge in [-0.3, -0.25) is 9.48 Å². The lowest BCUT2D eigenvalue weighted by Gasteiger charge is -2.20. The Morgan fingerprint density at radius 2 is 1.97 bits per heavy atom. The van der Waals surface area contributed by atoms with Crippen molar-refractivity contribution in [1.82, 2.24) is 19.7 Å². The summed E-state index contributed by atoms with van der Waals surface area (Å²) in [7, 11) is 0. The molecule has 1 amide bonds. The normalized spacial score (nSPS) is 14.7. The summed E-state index contributed by atoms with van der Waals surface area (Å²) < 4.78 is 21.3. The highest BCUT2D eigenvalue weighted by atomic mass is 79.9. The fourth-order valence-corrected chi connectivity index (χ4v) is 3.58. The summed E-state index contributed by atoms with van der Waals surface area (Å²) in [4.78, 5) is 21.2. The lowest BCUT2D eigenvalue weighted by atomic mass is 9.99. The number of aromatic nitrogens is 4. The first kappa shape index (κ1) is 19.7. The minimum Gasteiger partial charge on any atom is -0.381 e. The molecule has 3 aromatic rings. The maximum Gasteiger partial charge on any atom is 0.260 e. The van der Waals surface area contributed by atoms with Gasteiger partial charge in [-0.15, -0.1) is 0 Å². The zero-order valence-electron chi connectivity index (χ0n) is 15.5. The molecule has 1 fully saturated rings. The van der Waals surface area contributed by atoms with Crippen LogP contribution in [0.2, 0.25) is 0 Å². The summed E-state index contributed by atoms with van der Waals surface area (Å²) >= 11 is 3.38. The molecule has 0 spiro atoms. The molecule has 3 heterocycles. The Balaban J connectivity index is 1.43. The van der Waals surface area contributed by atoms with Crippen LogP contribution in [0, 0.1) is 5.82 Å². The van der Waals surface area contributed by atoms with Crippen LogP contribution in [0.4, 0.5) is 10.2 Å². The fraction of sp³-hybridized carbons (Fsp3) is 0.300. The smallest absolute Gasteiger partial charge is 0.260 e. The second kappa shape index (κ2) is 8.79. The van der Waals surface area contributed by atoms with E-state index in [1.165, 1.54) is 18.5 Å². The van der Waals surface area contributed by atoms with Crippen molar-refractivity contribution in [2.75, 3.05) is 18.5 Å². The molecule has 1 aliphatic rings. The van der Waals surface area contributed by atoms with Gasteiger partial charge in [0.05, 0.1) is 16.6 Å². The molecule has 4 rings (SSSR count). The zero-order valence-corrected chi connectivity index (χ0v) is 17.1. The van der Waals surface area contributed by atoms with Gasteiger partial charge < -0.3 is 10.1 Å². The topological polar surface area (TPSA) is 81.9 Å². The van der Waals surface area contributed by atoms with Crippen molar-refractivity contribution in [3.8, 4) is 0 Å². The number of carbonyl (C=O) groups is 1. The third-order valence-corrected chi connectivity index (χ3v) is 5.34. The average Bonchev–Trinajstić information content (AvgIpc) is 3.09. The number of nitrogens with zero attached hydrogens (tertiary/aromatic N) is 4. The number of carbonyl (C=O) groups excluding carboxylic acids is 1. The van der Waals surface area contributed by atoms with Crippen LogP contribution >= 0.6 is 15.9 Å². The summed E-state index contributed by atoms with van der Waals surface area (Å²) in [6, 6.07) is 6.50. The van der Waals surface area contributed by atoms with E-state index in [4.69, 9.17) is 4.74 Å². The number of anilines is 1. The largest absolute Gasteiger partial charge is 0.381 e. The van der Waals surface area contributed by atoms with Crippen molar-refractivity contribution >= 4 is 27.7 Å². The van der Waals surface area contributed by atoms with E-state index in [1.807, 2.05) is 0 Å². The van der Waals surface area contributed by atoms with Crippen molar-refractivity contribution < 1.29 is 13.9 Å². The molecule has 9 heteroatoms. The van der Waals surface area contributed by atoms with Gasteiger partial charge in [0.15, 0.2) is 5.82 Å². The van der Waals surface area contributed by atoms with Crippen LogP contribution in [0.25, 0.3) is 0 Å². The Bertz CT molecular complexity index is 1000. The van der Waals surface area contributed by atoms with Crippen molar-refractivity contribution in [2.45, 2.75) is 25.3 Å². The maximum absolute atomic E-state index is 13.8. The number of rotatable bonds is 5. The molecular weight excluding hydrogens is 441 g/mol. The van der Waals surface area contributed by atoms with Crippen molar-refractivity contribution in [1.29, 1.82) is 0 Å². The highest BCUT2D eigenvalue weighted by molar-refractivity contribution is 9.10. The number of halogens is 2. The van der Waals surface area contributed by atoms with Crippen LogP contribution in [0.15, 0.2) is 47.3 Å². The predicted octanol–water partition coefficient (Wildman–Crippen LogP) is 3.77. The van der Waals surface area contributed by atoms with E-state index in [9.17, 15) is 9.18 Å². The molecule has 0 bridgehead atoms. The van der Waals surface area contributed by atoms with E-state index in [0.717, 1.165) is 18.7 Å². The first-order valence-electron chi connectivity index (χ1n) is 9.27. The lowest BCUT2D eigenvalue weighted by molar-refractivity contribution is 0.0835. The third-order valence-electron chi connectivity index (χ3n) is 4.76. The van der Waals surface area contributed by atoms with Crippen molar-refractivity contribution in [3.05, 3.63) is 70.1 Å². The molecule has 0 saturated carbocycles. The van der Waals surface area contributed by atoms with E-state index in [-0.39, 0.29) is 24.2 Å². The van der Waals surface area contributed by atoms with E-state index in [1.54, 1.807) is 29.1 Å². The van der Waals surface area contributed by atoms with Gasteiger partial charge in [0.1, 0.15) is 11.6 Å². The summed E-state index contributed by atoms with van der Waals surface area (Å²) in [6.07, 6.45) is 6.51. The van der Waals surface area contributed by atoms with Crippen molar-refractivity contribution in [2.24, 2.45) is 0 Å². The van der Waals surface area contributed by atoms with E-state index < -0.39 is 0 Å². The number of benzene rings is 1. The van der Waals surface area contributed by atoms with Gasteiger partial charge in [0, 0.05) is 43.3 Å². The van der Waals surface area contributed by atoms with Crippen LogP contribution in [-0.4, -0.2) is 38.9 Å². The molecular formula is C20H19BrFN5O2. The zero-order chi connectivity index (χ0) is 20.2. The number of nitrogens with one attached hydrogen (secondary N) is 1. The number of hydrogen-bond acceptors (Lipinski definition) is 5. The minimum atomic E-state index is -0.361. The van der Waals surface area contributed by atoms with Gasteiger partial charge in [-0.25, -0.2) is 14.4 Å².